The number of unbranched alkanes of at least 4 members (excludes halogenated alkanes) is 31. The van der Waals surface area contributed by atoms with E-state index in [1.807, 2.05) is 0 Å². The van der Waals surface area contributed by atoms with Crippen molar-refractivity contribution in [2.24, 2.45) is 0 Å². The molecule has 0 saturated carbocycles. The highest BCUT2D eigenvalue weighted by Gasteiger charge is 2.19. The van der Waals surface area contributed by atoms with Gasteiger partial charge in [-0.2, -0.15) is 0 Å². The van der Waals surface area contributed by atoms with Crippen molar-refractivity contribution in [3.05, 3.63) is 109 Å². The summed E-state index contributed by atoms with van der Waals surface area (Å²) >= 11 is 0. The summed E-state index contributed by atoms with van der Waals surface area (Å²) in [4.78, 5) is 38.3. The number of hydrogen-bond donors (Lipinski definition) is 0. The Morgan fingerprint density at radius 3 is 0.810 bits per heavy atom. The standard InChI is InChI=1S/C73H124O6/c1-4-7-10-13-16-19-22-25-27-29-31-32-33-34-35-36-37-38-39-40-41-42-43-45-46-48-51-54-57-60-63-66-72(75)78-69-70(68-77-71(74)65-62-59-56-53-50-24-21-18-15-12-9-6-3)79-73(76)67-64-61-58-55-52-49-47-44-30-28-26-23-20-17-14-11-8-5-2/h7,10,16,18-19,21,25,27-28,30-32,34-35,37-38,40-41,70H,4-6,8-9,11-15,17,20,22-24,26,29,33,36,39,42-69H2,1-3H3/b10-7-,19-16-,21-18-,27-25-,30-28-,32-31-,35-34-,38-37-,41-40-. The molecule has 0 aliphatic carbocycles. The Morgan fingerprint density at radius 2 is 0.494 bits per heavy atom. The second-order valence-electron chi connectivity index (χ2n) is 22.0. The van der Waals surface area contributed by atoms with Crippen molar-refractivity contribution in [1.82, 2.24) is 0 Å². The van der Waals surface area contributed by atoms with Crippen LogP contribution < -0.4 is 0 Å². The molecule has 1 atom stereocenters. The molecule has 452 valence electrons. The third-order valence-electron chi connectivity index (χ3n) is 14.2. The Hall–Kier alpha value is -3.93. The molecule has 0 heterocycles. The van der Waals surface area contributed by atoms with Gasteiger partial charge in [0.25, 0.3) is 0 Å². The monoisotopic (exact) mass is 1100 g/mol. The first-order valence-corrected chi connectivity index (χ1v) is 33.4. The lowest BCUT2D eigenvalue weighted by molar-refractivity contribution is -0.167. The zero-order valence-electron chi connectivity index (χ0n) is 51.9. The second-order valence-corrected chi connectivity index (χ2v) is 22.0. The van der Waals surface area contributed by atoms with Crippen molar-refractivity contribution < 1.29 is 28.6 Å². The van der Waals surface area contributed by atoms with E-state index in [9.17, 15) is 14.4 Å². The Morgan fingerprint density at radius 1 is 0.266 bits per heavy atom. The summed E-state index contributed by atoms with van der Waals surface area (Å²) < 4.78 is 16.9. The molecule has 6 nitrogen and oxygen atoms in total. The predicted octanol–water partition coefficient (Wildman–Crippen LogP) is 23.0. The Labute approximate surface area is 489 Å². The van der Waals surface area contributed by atoms with E-state index >= 15 is 0 Å². The van der Waals surface area contributed by atoms with Gasteiger partial charge < -0.3 is 14.2 Å². The van der Waals surface area contributed by atoms with Gasteiger partial charge in [-0.05, 0) is 128 Å². The van der Waals surface area contributed by atoms with E-state index in [-0.39, 0.29) is 31.1 Å². The molecule has 6 heteroatoms. The van der Waals surface area contributed by atoms with Crippen molar-refractivity contribution >= 4 is 17.9 Å². The molecule has 0 aliphatic rings. The van der Waals surface area contributed by atoms with Gasteiger partial charge in [-0.3, -0.25) is 14.4 Å². The molecule has 0 fully saturated rings. The van der Waals surface area contributed by atoms with E-state index < -0.39 is 6.10 Å². The van der Waals surface area contributed by atoms with Gasteiger partial charge in [-0.1, -0.05) is 278 Å². The van der Waals surface area contributed by atoms with E-state index in [0.717, 1.165) is 116 Å². The van der Waals surface area contributed by atoms with Crippen molar-refractivity contribution in [1.29, 1.82) is 0 Å². The van der Waals surface area contributed by atoms with Crippen molar-refractivity contribution in [2.45, 2.75) is 322 Å². The van der Waals surface area contributed by atoms with E-state index in [4.69, 9.17) is 14.2 Å². The van der Waals surface area contributed by atoms with Crippen molar-refractivity contribution in [3.63, 3.8) is 0 Å². The average molecular weight is 1100 g/mol. The van der Waals surface area contributed by atoms with Crippen LogP contribution in [0.1, 0.15) is 316 Å². The molecule has 0 aromatic carbocycles. The minimum Gasteiger partial charge on any atom is -0.462 e. The minimum absolute atomic E-state index is 0.0848. The maximum absolute atomic E-state index is 12.9. The number of allylic oxidation sites excluding steroid dienone is 18. The zero-order chi connectivity index (χ0) is 57.1. The number of carbonyl (C=O) groups is 3. The maximum atomic E-state index is 12.9. The van der Waals surface area contributed by atoms with Gasteiger partial charge in [0.2, 0.25) is 0 Å². The van der Waals surface area contributed by atoms with Crippen LogP contribution in [0.15, 0.2) is 109 Å². The summed E-state index contributed by atoms with van der Waals surface area (Å²) in [7, 11) is 0. The third-order valence-corrected chi connectivity index (χ3v) is 14.2. The van der Waals surface area contributed by atoms with Crippen LogP contribution in [-0.4, -0.2) is 37.2 Å². The molecule has 0 amide bonds. The summed E-state index contributed by atoms with van der Waals surface area (Å²) in [5.41, 5.74) is 0. The zero-order valence-corrected chi connectivity index (χ0v) is 51.9. The van der Waals surface area contributed by atoms with Crippen molar-refractivity contribution in [2.75, 3.05) is 13.2 Å². The topological polar surface area (TPSA) is 78.9 Å². The summed E-state index contributed by atoms with van der Waals surface area (Å²) in [6, 6.07) is 0. The predicted molar refractivity (Wildman–Crippen MR) is 343 cm³/mol. The molecule has 0 aromatic rings. The van der Waals surface area contributed by atoms with Crippen LogP contribution >= 0.6 is 0 Å². The fraction of sp³-hybridized carbons (Fsp3) is 0.712. The lowest BCUT2D eigenvalue weighted by Crippen LogP contribution is -2.30. The maximum Gasteiger partial charge on any atom is 0.306 e. The van der Waals surface area contributed by atoms with Gasteiger partial charge in [-0.15, -0.1) is 0 Å². The van der Waals surface area contributed by atoms with Gasteiger partial charge in [-0.25, -0.2) is 0 Å². The molecule has 79 heavy (non-hydrogen) atoms. The molecule has 0 rings (SSSR count). The summed E-state index contributed by atoms with van der Waals surface area (Å²) in [6.45, 7) is 6.51. The lowest BCUT2D eigenvalue weighted by Gasteiger charge is -2.18. The fourth-order valence-electron chi connectivity index (χ4n) is 9.24. The van der Waals surface area contributed by atoms with Gasteiger partial charge in [0, 0.05) is 19.3 Å². The molecule has 0 N–H and O–H groups in total. The van der Waals surface area contributed by atoms with E-state index in [0.29, 0.717) is 19.3 Å². The van der Waals surface area contributed by atoms with Crippen molar-refractivity contribution in [3.8, 4) is 0 Å². The molecule has 0 spiro atoms. The SMILES string of the molecule is CC/C=C\C/C=C\C/C=C\C/C=C\C/C=C\C/C=C\C/C=C\CCCCCCCCCCCC(=O)OCC(COC(=O)CCCCCCC/C=C\CCCCC)OC(=O)CCCCCCCCC/C=C\CCCCCCCCC. The van der Waals surface area contributed by atoms with Crippen LogP contribution in [-0.2, 0) is 28.6 Å². The molecular weight excluding hydrogens is 973 g/mol. The number of carbonyl (C=O) groups excluding carboxylic acids is 3. The molecule has 0 saturated heterocycles. The smallest absolute Gasteiger partial charge is 0.306 e. The van der Waals surface area contributed by atoms with Gasteiger partial charge >= 0.3 is 17.9 Å². The lowest BCUT2D eigenvalue weighted by atomic mass is 10.1. The summed E-state index contributed by atoms with van der Waals surface area (Å²) in [5.74, 6) is -0.895. The van der Waals surface area contributed by atoms with E-state index in [2.05, 4.69) is 130 Å². The first-order chi connectivity index (χ1) is 39.0. The molecule has 0 aliphatic heterocycles. The minimum atomic E-state index is -0.788. The quantitative estimate of drug-likeness (QED) is 0.0261. The van der Waals surface area contributed by atoms with Gasteiger partial charge in [0.1, 0.15) is 13.2 Å². The molecule has 1 unspecified atom stereocenters. The van der Waals surface area contributed by atoms with Crippen LogP contribution in [0.3, 0.4) is 0 Å². The first-order valence-electron chi connectivity index (χ1n) is 33.4. The van der Waals surface area contributed by atoms with Gasteiger partial charge in [0.05, 0.1) is 0 Å². The number of esters is 3. The summed E-state index contributed by atoms with van der Waals surface area (Å²) in [6.07, 6.45) is 91.0. The molecule has 0 bridgehead atoms. The highest BCUT2D eigenvalue weighted by molar-refractivity contribution is 5.71. The largest absolute Gasteiger partial charge is 0.462 e. The van der Waals surface area contributed by atoms with Crippen LogP contribution in [0, 0.1) is 0 Å². The Bertz CT molecular complexity index is 1590. The first kappa shape index (κ1) is 75.1. The highest BCUT2D eigenvalue weighted by Crippen LogP contribution is 2.16. The van der Waals surface area contributed by atoms with Crippen LogP contribution in [0.2, 0.25) is 0 Å². The second kappa shape index (κ2) is 66.6. The summed E-state index contributed by atoms with van der Waals surface area (Å²) in [5, 5.41) is 0. The normalized spacial score (nSPS) is 12.8. The molecule has 0 radical (unpaired) electrons. The van der Waals surface area contributed by atoms with E-state index in [1.165, 1.54) is 161 Å². The highest BCUT2D eigenvalue weighted by atomic mass is 16.6. The van der Waals surface area contributed by atoms with Gasteiger partial charge in [0.15, 0.2) is 6.10 Å². The Kier molecular flexibility index (Phi) is 63.3. The molecular formula is C73H124O6. The van der Waals surface area contributed by atoms with E-state index in [1.54, 1.807) is 0 Å². The Balaban J connectivity index is 4.27. The van der Waals surface area contributed by atoms with Crippen LogP contribution in [0.5, 0.6) is 0 Å². The number of hydrogen-bond acceptors (Lipinski definition) is 6. The fourth-order valence-corrected chi connectivity index (χ4v) is 9.24. The van der Waals surface area contributed by atoms with Crippen LogP contribution in [0.4, 0.5) is 0 Å². The van der Waals surface area contributed by atoms with Crippen LogP contribution in [0.25, 0.3) is 0 Å². The average Bonchev–Trinajstić information content (AvgIpc) is 3.45. The third kappa shape index (κ3) is 64.8. The molecule has 0 aromatic heterocycles. The number of rotatable bonds is 60. The number of ether oxygens (including phenoxy) is 3.